The van der Waals surface area contributed by atoms with E-state index in [9.17, 15) is 9.59 Å². The number of hydrogen-bond acceptors (Lipinski definition) is 4. The highest BCUT2D eigenvalue weighted by Crippen LogP contribution is 2.11. The fourth-order valence-electron chi connectivity index (χ4n) is 1.45. The van der Waals surface area contributed by atoms with Gasteiger partial charge in [0.2, 0.25) is 0 Å². The van der Waals surface area contributed by atoms with Crippen molar-refractivity contribution in [3.63, 3.8) is 0 Å². The third-order valence-electron chi connectivity index (χ3n) is 2.86. The van der Waals surface area contributed by atoms with Gasteiger partial charge in [-0.1, -0.05) is 13.3 Å². The Labute approximate surface area is 120 Å². The van der Waals surface area contributed by atoms with Crippen molar-refractivity contribution in [2.75, 3.05) is 6.61 Å². The predicted octanol–water partition coefficient (Wildman–Crippen LogP) is 1.88. The molecule has 0 aromatic heterocycles. The average molecular weight is 292 g/mol. The largest absolute Gasteiger partial charge is 0.481 e. The molecule has 2 unspecified atom stereocenters. The minimum absolute atomic E-state index is 0.0628. The van der Waals surface area contributed by atoms with Crippen LogP contribution < -0.4 is 0 Å². The van der Waals surface area contributed by atoms with Crippen LogP contribution in [0.25, 0.3) is 0 Å². The Hall–Kier alpha value is -1.14. The van der Waals surface area contributed by atoms with Crippen LogP contribution in [0.15, 0.2) is 0 Å². The number of carbonyl (C=O) groups is 2. The van der Waals surface area contributed by atoms with Crippen molar-refractivity contribution >= 4 is 11.9 Å². The topological polar surface area (TPSA) is 115 Å². The van der Waals surface area contributed by atoms with E-state index in [2.05, 4.69) is 6.92 Å². The maximum absolute atomic E-state index is 9.90. The van der Waals surface area contributed by atoms with E-state index in [0.717, 1.165) is 19.3 Å². The van der Waals surface area contributed by atoms with Crippen molar-refractivity contribution in [3.8, 4) is 0 Å². The highest BCUT2D eigenvalue weighted by atomic mass is 16.4. The van der Waals surface area contributed by atoms with E-state index in [-0.39, 0.29) is 25.6 Å². The van der Waals surface area contributed by atoms with Crippen molar-refractivity contribution in [1.82, 2.24) is 0 Å². The van der Waals surface area contributed by atoms with Gasteiger partial charge in [-0.2, -0.15) is 0 Å². The highest BCUT2D eigenvalue weighted by molar-refractivity contribution is 5.67. The fourth-order valence-corrected chi connectivity index (χ4v) is 1.45. The second kappa shape index (κ2) is 14.3. The van der Waals surface area contributed by atoms with Gasteiger partial charge in [0, 0.05) is 19.4 Å². The second-order valence-electron chi connectivity index (χ2n) is 4.88. The SMILES string of the molecule is CCC(CO)CCC(C)O.O=C(O)CCCCC(=O)O. The lowest BCUT2D eigenvalue weighted by Crippen LogP contribution is -2.08. The first-order valence-electron chi connectivity index (χ1n) is 7.05. The molecule has 120 valence electrons. The summed E-state index contributed by atoms with van der Waals surface area (Å²) in [6.07, 6.45) is 3.54. The number of rotatable bonds is 10. The van der Waals surface area contributed by atoms with Crippen molar-refractivity contribution in [3.05, 3.63) is 0 Å². The van der Waals surface area contributed by atoms with Gasteiger partial charge < -0.3 is 20.4 Å². The van der Waals surface area contributed by atoms with Crippen LogP contribution in [0.2, 0.25) is 0 Å². The Morgan fingerprint density at radius 1 is 1.00 bits per heavy atom. The van der Waals surface area contributed by atoms with E-state index in [1.165, 1.54) is 0 Å². The quantitative estimate of drug-likeness (QED) is 0.457. The Balaban J connectivity index is 0. The molecule has 0 spiro atoms. The molecule has 0 amide bonds. The van der Waals surface area contributed by atoms with Gasteiger partial charge in [-0.15, -0.1) is 0 Å². The summed E-state index contributed by atoms with van der Waals surface area (Å²) >= 11 is 0. The first-order chi connectivity index (χ1) is 9.33. The third kappa shape index (κ3) is 19.2. The molecule has 0 aromatic rings. The maximum Gasteiger partial charge on any atom is 0.303 e. The van der Waals surface area contributed by atoms with Crippen LogP contribution in [0.1, 0.15) is 58.8 Å². The highest BCUT2D eigenvalue weighted by Gasteiger charge is 2.05. The smallest absolute Gasteiger partial charge is 0.303 e. The van der Waals surface area contributed by atoms with E-state index in [1.807, 2.05) is 0 Å². The number of aliphatic carboxylic acids is 2. The van der Waals surface area contributed by atoms with Crippen LogP contribution in [-0.4, -0.2) is 45.1 Å². The lowest BCUT2D eigenvalue weighted by Gasteiger charge is -2.11. The second-order valence-corrected chi connectivity index (χ2v) is 4.88. The first kappa shape index (κ1) is 21.2. The summed E-state index contributed by atoms with van der Waals surface area (Å²) in [4.78, 5) is 19.8. The van der Waals surface area contributed by atoms with E-state index < -0.39 is 11.9 Å². The van der Waals surface area contributed by atoms with Gasteiger partial charge >= 0.3 is 11.9 Å². The van der Waals surface area contributed by atoms with Crippen LogP contribution >= 0.6 is 0 Å². The fraction of sp³-hybridized carbons (Fsp3) is 0.857. The molecular formula is C14H28O6. The van der Waals surface area contributed by atoms with Gasteiger partial charge in [-0.05, 0) is 38.5 Å². The van der Waals surface area contributed by atoms with Gasteiger partial charge in [-0.25, -0.2) is 0 Å². The summed E-state index contributed by atoms with van der Waals surface area (Å²) in [5.41, 5.74) is 0. The van der Waals surface area contributed by atoms with Crippen molar-refractivity contribution in [2.24, 2.45) is 5.92 Å². The molecule has 0 saturated heterocycles. The number of aliphatic hydroxyl groups excluding tert-OH is 2. The van der Waals surface area contributed by atoms with E-state index >= 15 is 0 Å². The van der Waals surface area contributed by atoms with Crippen LogP contribution in [0.4, 0.5) is 0 Å². The number of unbranched alkanes of at least 4 members (excludes halogenated alkanes) is 1. The molecule has 0 aliphatic carbocycles. The molecule has 0 rings (SSSR count). The van der Waals surface area contributed by atoms with Crippen LogP contribution in [-0.2, 0) is 9.59 Å². The lowest BCUT2D eigenvalue weighted by atomic mass is 10.00. The Morgan fingerprint density at radius 3 is 1.70 bits per heavy atom. The standard InChI is InChI=1S/C8H18O2.C6H10O4/c1-3-8(6-9)5-4-7(2)10;7-5(8)3-1-2-4-6(9)10/h7-10H,3-6H2,1-2H3;1-4H2,(H,7,8)(H,9,10). The van der Waals surface area contributed by atoms with Gasteiger partial charge in [0.1, 0.15) is 0 Å². The summed E-state index contributed by atoms with van der Waals surface area (Å²) < 4.78 is 0. The molecule has 20 heavy (non-hydrogen) atoms. The number of aliphatic hydroxyl groups is 2. The predicted molar refractivity (Wildman–Crippen MR) is 75.5 cm³/mol. The van der Waals surface area contributed by atoms with E-state index in [1.54, 1.807) is 6.92 Å². The molecule has 0 aliphatic rings. The van der Waals surface area contributed by atoms with Crippen LogP contribution in [0.5, 0.6) is 0 Å². The third-order valence-corrected chi connectivity index (χ3v) is 2.86. The average Bonchev–Trinajstić information content (AvgIpc) is 2.36. The maximum atomic E-state index is 9.90. The summed E-state index contributed by atoms with van der Waals surface area (Å²) in [7, 11) is 0. The Bertz CT molecular complexity index is 232. The van der Waals surface area contributed by atoms with Gasteiger partial charge in [0.25, 0.3) is 0 Å². The molecule has 0 saturated carbocycles. The molecule has 0 heterocycles. The number of carboxylic acids is 2. The lowest BCUT2D eigenvalue weighted by molar-refractivity contribution is -0.139. The molecule has 2 atom stereocenters. The molecule has 0 bridgehead atoms. The van der Waals surface area contributed by atoms with Gasteiger partial charge in [0.05, 0.1) is 6.10 Å². The number of hydrogen-bond donors (Lipinski definition) is 4. The normalized spacial score (nSPS) is 13.0. The minimum atomic E-state index is -0.870. The molecular weight excluding hydrogens is 264 g/mol. The minimum Gasteiger partial charge on any atom is -0.481 e. The zero-order chi connectivity index (χ0) is 16.0. The summed E-state index contributed by atoms with van der Waals surface area (Å²) in [6.45, 7) is 4.09. The van der Waals surface area contributed by atoms with Gasteiger partial charge in [-0.3, -0.25) is 9.59 Å². The Kier molecular flexibility index (Phi) is 15.1. The molecule has 0 radical (unpaired) electrons. The van der Waals surface area contributed by atoms with E-state index in [4.69, 9.17) is 20.4 Å². The molecule has 4 N–H and O–H groups in total. The summed E-state index contributed by atoms with van der Waals surface area (Å²) in [6, 6.07) is 0. The van der Waals surface area contributed by atoms with Crippen LogP contribution in [0.3, 0.4) is 0 Å². The first-order valence-corrected chi connectivity index (χ1v) is 7.05. The monoisotopic (exact) mass is 292 g/mol. The molecule has 0 aliphatic heterocycles. The molecule has 0 aromatic carbocycles. The number of carboxylic acid groups (broad SMARTS) is 2. The van der Waals surface area contributed by atoms with Crippen molar-refractivity contribution in [1.29, 1.82) is 0 Å². The van der Waals surface area contributed by atoms with Crippen LogP contribution in [0, 0.1) is 5.92 Å². The zero-order valence-corrected chi connectivity index (χ0v) is 12.4. The summed E-state index contributed by atoms with van der Waals surface area (Å²) in [5.74, 6) is -1.36. The van der Waals surface area contributed by atoms with E-state index in [0.29, 0.717) is 18.8 Å². The van der Waals surface area contributed by atoms with Crippen molar-refractivity contribution in [2.45, 2.75) is 64.9 Å². The van der Waals surface area contributed by atoms with Crippen molar-refractivity contribution < 1.29 is 30.0 Å². The zero-order valence-electron chi connectivity index (χ0n) is 12.4. The Morgan fingerprint density at radius 2 is 1.45 bits per heavy atom. The molecule has 6 nitrogen and oxygen atoms in total. The summed E-state index contributed by atoms with van der Waals surface area (Å²) in [5, 5.41) is 33.9. The van der Waals surface area contributed by atoms with Gasteiger partial charge in [0.15, 0.2) is 0 Å². The molecule has 0 fully saturated rings. The molecule has 6 heteroatoms.